The molecule has 0 aliphatic rings. The largest absolute Gasteiger partial charge is 0.484 e. The Kier molecular flexibility index (Phi) is 8.80. The zero-order valence-corrected chi connectivity index (χ0v) is 19.6. The van der Waals surface area contributed by atoms with E-state index in [9.17, 15) is 9.59 Å². The highest BCUT2D eigenvalue weighted by Gasteiger charge is 2.28. The van der Waals surface area contributed by atoms with Crippen molar-refractivity contribution in [2.75, 3.05) is 13.7 Å². The number of nitrogens with zero attached hydrogens (tertiary/aromatic N) is 1. The standard InChI is InChI=1S/C21H23BrCl2N2O3/c1-4-19(21(28)25-3)26(11-14-5-8-17(23)18(24)10-14)20(27)12-29-15-6-7-16(22)13(2)9-15/h5-10,19H,4,11-12H2,1-3H3,(H,25,28)/t19-/m1/s1. The SMILES string of the molecule is CC[C@H](C(=O)NC)N(Cc1ccc(Cl)c(Cl)c1)C(=O)COc1ccc(Br)c(C)c1. The molecule has 0 aliphatic carbocycles. The Morgan fingerprint density at radius 2 is 1.90 bits per heavy atom. The second kappa shape index (κ2) is 10.9. The number of rotatable bonds is 8. The van der Waals surface area contributed by atoms with Crippen LogP contribution in [0.2, 0.25) is 10.0 Å². The van der Waals surface area contributed by atoms with Gasteiger partial charge in [0.1, 0.15) is 11.8 Å². The normalized spacial score (nSPS) is 11.7. The van der Waals surface area contributed by atoms with E-state index in [1.165, 1.54) is 4.90 Å². The summed E-state index contributed by atoms with van der Waals surface area (Å²) < 4.78 is 6.64. The second-order valence-corrected chi connectivity index (χ2v) is 8.18. The molecule has 1 atom stereocenters. The van der Waals surface area contributed by atoms with Crippen LogP contribution in [-0.4, -0.2) is 36.4 Å². The lowest BCUT2D eigenvalue weighted by atomic mass is 10.1. The molecule has 2 amide bonds. The fraction of sp³-hybridized carbons (Fsp3) is 0.333. The molecule has 0 radical (unpaired) electrons. The highest BCUT2D eigenvalue weighted by Crippen LogP contribution is 2.25. The molecule has 2 aromatic carbocycles. The first-order valence-electron chi connectivity index (χ1n) is 9.10. The van der Waals surface area contributed by atoms with Gasteiger partial charge in [-0.3, -0.25) is 9.59 Å². The van der Waals surface area contributed by atoms with Crippen LogP contribution in [0, 0.1) is 6.92 Å². The number of hydrogen-bond acceptors (Lipinski definition) is 3. The van der Waals surface area contributed by atoms with E-state index in [4.69, 9.17) is 27.9 Å². The number of aryl methyl sites for hydroxylation is 1. The first kappa shape index (κ1) is 23.5. The third-order valence-electron chi connectivity index (χ3n) is 4.46. The van der Waals surface area contributed by atoms with Gasteiger partial charge in [0.15, 0.2) is 6.61 Å². The second-order valence-electron chi connectivity index (χ2n) is 6.51. The third-order valence-corrected chi connectivity index (χ3v) is 6.09. The van der Waals surface area contributed by atoms with E-state index in [0.29, 0.717) is 22.2 Å². The number of carbonyl (C=O) groups excluding carboxylic acids is 2. The fourth-order valence-electron chi connectivity index (χ4n) is 2.86. The van der Waals surface area contributed by atoms with Crippen LogP contribution in [0.25, 0.3) is 0 Å². The lowest BCUT2D eigenvalue weighted by Gasteiger charge is -2.30. The number of likely N-dealkylation sites (N-methyl/N-ethyl adjacent to an activating group) is 1. The fourth-order valence-corrected chi connectivity index (χ4v) is 3.42. The molecule has 156 valence electrons. The molecule has 0 saturated carbocycles. The Hall–Kier alpha value is -1.76. The zero-order chi connectivity index (χ0) is 21.6. The van der Waals surface area contributed by atoms with Gasteiger partial charge >= 0.3 is 0 Å². The molecule has 8 heteroatoms. The van der Waals surface area contributed by atoms with Crippen molar-refractivity contribution in [3.63, 3.8) is 0 Å². The van der Waals surface area contributed by atoms with Crippen molar-refractivity contribution in [1.29, 1.82) is 0 Å². The Morgan fingerprint density at radius 1 is 1.17 bits per heavy atom. The van der Waals surface area contributed by atoms with Crippen molar-refractivity contribution in [2.45, 2.75) is 32.9 Å². The van der Waals surface area contributed by atoms with Crippen LogP contribution >= 0.6 is 39.1 Å². The highest BCUT2D eigenvalue weighted by atomic mass is 79.9. The van der Waals surface area contributed by atoms with E-state index in [1.54, 1.807) is 31.3 Å². The van der Waals surface area contributed by atoms with Gasteiger partial charge in [-0.2, -0.15) is 0 Å². The molecule has 29 heavy (non-hydrogen) atoms. The highest BCUT2D eigenvalue weighted by molar-refractivity contribution is 9.10. The van der Waals surface area contributed by atoms with E-state index in [1.807, 2.05) is 26.0 Å². The minimum atomic E-state index is -0.628. The minimum absolute atomic E-state index is 0.185. The van der Waals surface area contributed by atoms with Crippen LogP contribution in [0.4, 0.5) is 0 Å². The van der Waals surface area contributed by atoms with Gasteiger partial charge in [0.05, 0.1) is 10.0 Å². The summed E-state index contributed by atoms with van der Waals surface area (Å²) in [4.78, 5) is 26.9. The maximum atomic E-state index is 13.0. The molecular weight excluding hydrogens is 479 g/mol. The Bertz CT molecular complexity index is 892. The Labute approximate surface area is 189 Å². The minimum Gasteiger partial charge on any atom is -0.484 e. The van der Waals surface area contributed by atoms with E-state index in [0.717, 1.165) is 15.6 Å². The lowest BCUT2D eigenvalue weighted by molar-refractivity contribution is -0.142. The van der Waals surface area contributed by atoms with Crippen LogP contribution in [-0.2, 0) is 16.1 Å². The van der Waals surface area contributed by atoms with E-state index in [2.05, 4.69) is 21.2 Å². The summed E-state index contributed by atoms with van der Waals surface area (Å²) in [6.07, 6.45) is 0.462. The summed E-state index contributed by atoms with van der Waals surface area (Å²) in [5.41, 5.74) is 1.77. The van der Waals surface area contributed by atoms with Crippen molar-refractivity contribution in [3.05, 3.63) is 62.0 Å². The summed E-state index contributed by atoms with van der Waals surface area (Å²) in [6.45, 7) is 3.82. The number of carbonyl (C=O) groups is 2. The molecule has 0 heterocycles. The van der Waals surface area contributed by atoms with Crippen LogP contribution in [0.5, 0.6) is 5.75 Å². The van der Waals surface area contributed by atoms with Crippen LogP contribution in [0.15, 0.2) is 40.9 Å². The summed E-state index contributed by atoms with van der Waals surface area (Å²) in [7, 11) is 1.55. The quantitative estimate of drug-likeness (QED) is 0.553. The van der Waals surface area contributed by atoms with Crippen molar-refractivity contribution in [3.8, 4) is 5.75 Å². The van der Waals surface area contributed by atoms with Crippen LogP contribution in [0.1, 0.15) is 24.5 Å². The number of halogens is 3. The molecule has 0 saturated heterocycles. The predicted octanol–water partition coefficient (Wildman–Crippen LogP) is 5.00. The summed E-state index contributed by atoms with van der Waals surface area (Å²) in [5.74, 6) is 0.0500. The van der Waals surface area contributed by atoms with Gasteiger partial charge in [-0.15, -0.1) is 0 Å². The molecule has 0 aromatic heterocycles. The van der Waals surface area contributed by atoms with Gasteiger partial charge in [-0.25, -0.2) is 0 Å². The van der Waals surface area contributed by atoms with Crippen molar-refractivity contribution < 1.29 is 14.3 Å². The van der Waals surface area contributed by atoms with Gasteiger partial charge < -0.3 is 15.0 Å². The first-order chi connectivity index (χ1) is 13.8. The monoisotopic (exact) mass is 500 g/mol. The maximum absolute atomic E-state index is 13.0. The molecular formula is C21H23BrCl2N2O3. The van der Waals surface area contributed by atoms with Gasteiger partial charge in [0, 0.05) is 18.1 Å². The van der Waals surface area contributed by atoms with E-state index >= 15 is 0 Å². The number of amides is 2. The van der Waals surface area contributed by atoms with Crippen LogP contribution in [0.3, 0.4) is 0 Å². The first-order valence-corrected chi connectivity index (χ1v) is 10.7. The number of ether oxygens (including phenoxy) is 1. The third kappa shape index (κ3) is 6.36. The molecule has 0 spiro atoms. The molecule has 0 fully saturated rings. The molecule has 2 rings (SSSR count). The van der Waals surface area contributed by atoms with Crippen LogP contribution < -0.4 is 10.1 Å². The Balaban J connectivity index is 2.22. The molecule has 2 aromatic rings. The van der Waals surface area contributed by atoms with E-state index < -0.39 is 6.04 Å². The van der Waals surface area contributed by atoms with Crippen molar-refractivity contribution in [2.24, 2.45) is 0 Å². The smallest absolute Gasteiger partial charge is 0.261 e. The average molecular weight is 502 g/mol. The van der Waals surface area contributed by atoms with Gasteiger partial charge in [-0.1, -0.05) is 52.1 Å². The number of nitrogens with one attached hydrogen (secondary N) is 1. The number of hydrogen-bond donors (Lipinski definition) is 1. The summed E-state index contributed by atoms with van der Waals surface area (Å²) in [6, 6.07) is 10.0. The molecule has 1 N–H and O–H groups in total. The molecule has 0 unspecified atom stereocenters. The van der Waals surface area contributed by atoms with Gasteiger partial charge in [0.2, 0.25) is 5.91 Å². The maximum Gasteiger partial charge on any atom is 0.261 e. The average Bonchev–Trinajstić information content (AvgIpc) is 2.70. The molecule has 0 aliphatic heterocycles. The summed E-state index contributed by atoms with van der Waals surface area (Å²) in [5, 5.41) is 3.44. The van der Waals surface area contributed by atoms with Crippen molar-refractivity contribution >= 4 is 50.9 Å². The molecule has 0 bridgehead atoms. The Morgan fingerprint density at radius 3 is 2.48 bits per heavy atom. The lowest BCUT2D eigenvalue weighted by Crippen LogP contribution is -2.49. The summed E-state index contributed by atoms with van der Waals surface area (Å²) >= 11 is 15.5. The van der Waals surface area contributed by atoms with E-state index in [-0.39, 0.29) is 25.0 Å². The molecule has 5 nitrogen and oxygen atoms in total. The van der Waals surface area contributed by atoms with Gasteiger partial charge in [0.25, 0.3) is 5.91 Å². The topological polar surface area (TPSA) is 58.6 Å². The van der Waals surface area contributed by atoms with Crippen molar-refractivity contribution in [1.82, 2.24) is 10.2 Å². The zero-order valence-electron chi connectivity index (χ0n) is 16.5. The predicted molar refractivity (Wildman–Crippen MR) is 120 cm³/mol. The van der Waals surface area contributed by atoms with Gasteiger partial charge in [-0.05, 0) is 54.8 Å². The number of benzene rings is 2.